The largest absolute Gasteiger partial charge is 0.410 e. The van der Waals surface area contributed by atoms with Crippen molar-refractivity contribution in [1.82, 2.24) is 5.23 Å². The summed E-state index contributed by atoms with van der Waals surface area (Å²) in [6.45, 7) is 0.236. The first-order valence-electron chi connectivity index (χ1n) is 1.74. The van der Waals surface area contributed by atoms with E-state index < -0.39 is 0 Å². The number of hydrogen-bond donors (Lipinski definition) is 1. The molecular formula is C2H4BNO2. The Kier molecular flexibility index (Phi) is 0.798. The molecule has 1 N–H and O–H groups in total. The van der Waals surface area contributed by atoms with Crippen LogP contribution in [-0.2, 0) is 9.45 Å². The monoisotopic (exact) mass is 85.0 g/mol. The van der Waals surface area contributed by atoms with Crippen molar-refractivity contribution in [2.75, 3.05) is 6.61 Å². The molecule has 0 radical (unpaired) electrons. The molecule has 0 atom stereocenters. The van der Waals surface area contributed by atoms with Crippen LogP contribution in [0.2, 0.25) is 0 Å². The molecule has 3 nitrogen and oxygen atoms in total. The summed E-state index contributed by atoms with van der Waals surface area (Å²) < 4.78 is 4.60. The minimum absolute atomic E-state index is 0.0185. The standard InChI is InChI=1S/C2H4BNO2/c5-2-1-6-3-4-2/h3H,1H2,(H,4,5). The molecule has 32 valence electrons. The van der Waals surface area contributed by atoms with Gasteiger partial charge in [0.1, 0.15) is 6.61 Å². The lowest BCUT2D eigenvalue weighted by molar-refractivity contribution is -0.119. The number of carbonyl (C=O) groups is 1. The number of nitrogens with one attached hydrogen (secondary N) is 1. The second kappa shape index (κ2) is 1.30. The van der Waals surface area contributed by atoms with E-state index in [0.717, 1.165) is 0 Å². The lowest BCUT2D eigenvalue weighted by Gasteiger charge is -1.75. The molecule has 0 bridgehead atoms. The molecule has 0 aromatic carbocycles. The van der Waals surface area contributed by atoms with Crippen LogP contribution in [0.4, 0.5) is 0 Å². The molecule has 0 saturated carbocycles. The predicted octanol–water partition coefficient (Wildman–Crippen LogP) is -1.60. The Labute approximate surface area is 36.0 Å². The van der Waals surface area contributed by atoms with Gasteiger partial charge in [0, 0.05) is 0 Å². The predicted molar refractivity (Wildman–Crippen MR) is 21.2 cm³/mol. The first-order chi connectivity index (χ1) is 2.89. The molecule has 0 spiro atoms. The fraction of sp³-hybridized carbons (Fsp3) is 0.500. The topological polar surface area (TPSA) is 38.3 Å². The van der Waals surface area contributed by atoms with E-state index in [9.17, 15) is 4.79 Å². The average molecular weight is 84.9 g/mol. The van der Waals surface area contributed by atoms with Crippen molar-refractivity contribution in [3.8, 4) is 0 Å². The van der Waals surface area contributed by atoms with E-state index in [1.165, 1.54) is 0 Å². The smallest absolute Gasteiger partial charge is 0.396 e. The van der Waals surface area contributed by atoms with E-state index in [1.54, 1.807) is 0 Å². The molecule has 1 saturated heterocycles. The second-order valence-corrected chi connectivity index (χ2v) is 1.09. The zero-order valence-electron chi connectivity index (χ0n) is 3.23. The van der Waals surface area contributed by atoms with Crippen molar-refractivity contribution in [2.45, 2.75) is 0 Å². The Morgan fingerprint density at radius 2 is 2.83 bits per heavy atom. The highest BCUT2D eigenvalue weighted by Crippen LogP contribution is 1.76. The fourth-order valence-corrected chi connectivity index (χ4v) is 0.326. The van der Waals surface area contributed by atoms with Gasteiger partial charge in [0.2, 0.25) is 5.91 Å². The van der Waals surface area contributed by atoms with E-state index >= 15 is 0 Å². The number of carbonyl (C=O) groups excluding carboxylic acids is 1. The maximum atomic E-state index is 10.0. The van der Waals surface area contributed by atoms with Crippen LogP contribution >= 0.6 is 0 Å². The zero-order chi connectivity index (χ0) is 4.41. The molecule has 1 amide bonds. The van der Waals surface area contributed by atoms with Crippen LogP contribution < -0.4 is 5.23 Å². The van der Waals surface area contributed by atoms with Gasteiger partial charge in [0.25, 0.3) is 0 Å². The molecule has 1 aliphatic heterocycles. The SMILES string of the molecule is O=C1COBN1. The van der Waals surface area contributed by atoms with Crippen molar-refractivity contribution < 1.29 is 9.45 Å². The van der Waals surface area contributed by atoms with E-state index in [1.807, 2.05) is 0 Å². The Hall–Kier alpha value is -0.505. The third-order valence-electron chi connectivity index (χ3n) is 0.605. The Morgan fingerprint density at radius 1 is 2.00 bits per heavy atom. The Morgan fingerprint density at radius 3 is 3.00 bits per heavy atom. The summed E-state index contributed by atoms with van der Waals surface area (Å²) in [6.07, 6.45) is 0. The average Bonchev–Trinajstić information content (AvgIpc) is 1.86. The highest BCUT2D eigenvalue weighted by atomic mass is 16.5. The number of amides is 1. The summed E-state index contributed by atoms with van der Waals surface area (Å²) in [7, 11) is 0.388. The van der Waals surface area contributed by atoms with Gasteiger partial charge in [-0.25, -0.2) is 0 Å². The van der Waals surface area contributed by atoms with Crippen LogP contribution in [0.5, 0.6) is 0 Å². The van der Waals surface area contributed by atoms with Crippen LogP contribution in [0.3, 0.4) is 0 Å². The summed E-state index contributed by atoms with van der Waals surface area (Å²) in [5.41, 5.74) is 0. The molecule has 1 heterocycles. The maximum absolute atomic E-state index is 10.0. The highest BCUT2D eigenvalue weighted by molar-refractivity contribution is 6.32. The molecule has 0 aliphatic carbocycles. The Bertz CT molecular complexity index is 65.9. The maximum Gasteiger partial charge on any atom is 0.396 e. The quantitative estimate of drug-likeness (QED) is 0.359. The molecule has 0 aromatic heterocycles. The lowest BCUT2D eigenvalue weighted by atomic mass is 10.3. The van der Waals surface area contributed by atoms with Crippen LogP contribution in [0.25, 0.3) is 0 Å². The van der Waals surface area contributed by atoms with Gasteiger partial charge in [-0.2, -0.15) is 0 Å². The fourth-order valence-electron chi connectivity index (χ4n) is 0.326. The molecular weight excluding hydrogens is 80.8 g/mol. The van der Waals surface area contributed by atoms with Crippen LogP contribution in [0, 0.1) is 0 Å². The van der Waals surface area contributed by atoms with Crippen molar-refractivity contribution in [2.24, 2.45) is 0 Å². The van der Waals surface area contributed by atoms with Gasteiger partial charge in [0.15, 0.2) is 0 Å². The number of hydrogen-bond acceptors (Lipinski definition) is 2. The first-order valence-corrected chi connectivity index (χ1v) is 1.74. The summed E-state index contributed by atoms with van der Waals surface area (Å²) in [4.78, 5) is 10.0. The molecule has 1 fully saturated rings. The van der Waals surface area contributed by atoms with Crippen molar-refractivity contribution in [3.05, 3.63) is 0 Å². The molecule has 1 rings (SSSR count). The van der Waals surface area contributed by atoms with Crippen molar-refractivity contribution in [1.29, 1.82) is 0 Å². The minimum Gasteiger partial charge on any atom is -0.410 e. The van der Waals surface area contributed by atoms with Gasteiger partial charge in [-0.05, 0) is 0 Å². The van der Waals surface area contributed by atoms with Gasteiger partial charge >= 0.3 is 7.62 Å². The summed E-state index contributed by atoms with van der Waals surface area (Å²) in [6, 6.07) is 0. The summed E-state index contributed by atoms with van der Waals surface area (Å²) >= 11 is 0. The highest BCUT2D eigenvalue weighted by Gasteiger charge is 2.08. The first kappa shape index (κ1) is 3.68. The second-order valence-electron chi connectivity index (χ2n) is 1.09. The van der Waals surface area contributed by atoms with Crippen LogP contribution in [0.1, 0.15) is 0 Å². The van der Waals surface area contributed by atoms with Crippen LogP contribution in [-0.4, -0.2) is 20.1 Å². The van der Waals surface area contributed by atoms with E-state index in [2.05, 4.69) is 9.88 Å². The molecule has 0 aromatic rings. The summed E-state index contributed by atoms with van der Waals surface area (Å²) in [5.74, 6) is -0.0185. The van der Waals surface area contributed by atoms with Crippen LogP contribution in [0.15, 0.2) is 0 Å². The molecule has 6 heavy (non-hydrogen) atoms. The zero-order valence-corrected chi connectivity index (χ0v) is 3.23. The Balaban J connectivity index is 2.37. The summed E-state index contributed by atoms with van der Waals surface area (Å²) in [5, 5.41) is 2.46. The number of rotatable bonds is 0. The third kappa shape index (κ3) is 0.516. The molecule has 4 heteroatoms. The van der Waals surface area contributed by atoms with Gasteiger partial charge in [-0.1, -0.05) is 0 Å². The molecule has 0 unspecified atom stereocenters. The van der Waals surface area contributed by atoms with Crippen molar-refractivity contribution in [3.63, 3.8) is 0 Å². The van der Waals surface area contributed by atoms with E-state index in [4.69, 9.17) is 0 Å². The van der Waals surface area contributed by atoms with Crippen molar-refractivity contribution >= 4 is 13.5 Å². The minimum atomic E-state index is -0.0185. The van der Waals surface area contributed by atoms with Gasteiger partial charge in [-0.3, -0.25) is 4.79 Å². The molecule has 1 aliphatic rings. The van der Waals surface area contributed by atoms with Gasteiger partial charge in [0.05, 0.1) is 0 Å². The van der Waals surface area contributed by atoms with E-state index in [-0.39, 0.29) is 12.5 Å². The van der Waals surface area contributed by atoms with E-state index in [0.29, 0.717) is 7.62 Å². The van der Waals surface area contributed by atoms with Gasteiger partial charge < -0.3 is 9.88 Å². The van der Waals surface area contributed by atoms with Gasteiger partial charge in [-0.15, -0.1) is 0 Å². The third-order valence-corrected chi connectivity index (χ3v) is 0.605. The normalized spacial score (nSPS) is 19.7. The lowest BCUT2D eigenvalue weighted by Crippen LogP contribution is -2.17.